The maximum atomic E-state index is 9.52. The predicted molar refractivity (Wildman–Crippen MR) is 92.7 cm³/mol. The first-order chi connectivity index (χ1) is 10.2. The molecule has 0 fully saturated rings. The molecule has 0 spiro atoms. The summed E-state index contributed by atoms with van der Waals surface area (Å²) in [6.07, 6.45) is 1.69. The van der Waals surface area contributed by atoms with Crippen LogP contribution >= 0.6 is 31.9 Å². The van der Waals surface area contributed by atoms with Crippen molar-refractivity contribution in [2.24, 2.45) is 5.92 Å². The second-order valence-electron chi connectivity index (χ2n) is 4.98. The standard InChI is InChI=1S/C17H18Br2O2/c18-15-4-1-3-13(10-15)9-14(12-20)7-8-21-17-6-2-5-16(19)11-17/h1-6,10-11,14,20H,7-9,12H2. The normalized spacial score (nSPS) is 12.1. The molecule has 1 unspecified atom stereocenters. The van der Waals surface area contributed by atoms with Crippen molar-refractivity contribution in [3.8, 4) is 5.75 Å². The molecule has 0 aliphatic rings. The van der Waals surface area contributed by atoms with Crippen LogP contribution in [-0.4, -0.2) is 18.3 Å². The predicted octanol–water partition coefficient (Wildman–Crippen LogP) is 4.83. The van der Waals surface area contributed by atoms with Gasteiger partial charge < -0.3 is 9.84 Å². The van der Waals surface area contributed by atoms with Gasteiger partial charge in [0.05, 0.1) is 6.61 Å². The van der Waals surface area contributed by atoms with Gasteiger partial charge in [-0.25, -0.2) is 0 Å². The van der Waals surface area contributed by atoms with Gasteiger partial charge in [0.1, 0.15) is 5.75 Å². The quantitative estimate of drug-likeness (QED) is 0.704. The molecule has 0 aromatic heterocycles. The van der Waals surface area contributed by atoms with Crippen molar-refractivity contribution in [3.05, 3.63) is 63.0 Å². The van der Waals surface area contributed by atoms with Crippen LogP contribution in [0.25, 0.3) is 0 Å². The number of aliphatic hydroxyl groups is 1. The average Bonchev–Trinajstić information content (AvgIpc) is 2.46. The monoisotopic (exact) mass is 412 g/mol. The molecule has 0 saturated carbocycles. The Balaban J connectivity index is 1.82. The molecule has 0 bridgehead atoms. The Morgan fingerprint density at radius 2 is 1.71 bits per heavy atom. The van der Waals surface area contributed by atoms with Crippen molar-refractivity contribution in [1.29, 1.82) is 0 Å². The number of hydrogen-bond acceptors (Lipinski definition) is 2. The average molecular weight is 414 g/mol. The fourth-order valence-electron chi connectivity index (χ4n) is 2.16. The molecule has 0 saturated heterocycles. The fourth-order valence-corrected chi connectivity index (χ4v) is 2.98. The molecule has 112 valence electrons. The molecule has 21 heavy (non-hydrogen) atoms. The van der Waals surface area contributed by atoms with Crippen molar-refractivity contribution in [2.45, 2.75) is 12.8 Å². The van der Waals surface area contributed by atoms with E-state index in [4.69, 9.17) is 4.74 Å². The van der Waals surface area contributed by atoms with Gasteiger partial charge in [-0.15, -0.1) is 0 Å². The number of halogens is 2. The molecule has 2 aromatic carbocycles. The summed E-state index contributed by atoms with van der Waals surface area (Å²) in [4.78, 5) is 0. The summed E-state index contributed by atoms with van der Waals surface area (Å²) in [7, 11) is 0. The minimum atomic E-state index is 0.175. The molecule has 0 heterocycles. The van der Waals surface area contributed by atoms with Crippen LogP contribution in [0.5, 0.6) is 5.75 Å². The Morgan fingerprint density at radius 1 is 1.00 bits per heavy atom. The molecule has 0 radical (unpaired) electrons. The maximum absolute atomic E-state index is 9.52. The Morgan fingerprint density at radius 3 is 2.38 bits per heavy atom. The molecule has 2 aromatic rings. The number of aliphatic hydroxyl groups excluding tert-OH is 1. The van der Waals surface area contributed by atoms with Gasteiger partial charge in [0.15, 0.2) is 0 Å². The van der Waals surface area contributed by atoms with Crippen LogP contribution in [-0.2, 0) is 6.42 Å². The molecule has 2 nitrogen and oxygen atoms in total. The van der Waals surface area contributed by atoms with Crippen LogP contribution in [0, 0.1) is 5.92 Å². The SMILES string of the molecule is OCC(CCOc1cccc(Br)c1)Cc1cccc(Br)c1. The summed E-state index contributed by atoms with van der Waals surface area (Å²) in [5.74, 6) is 1.06. The van der Waals surface area contributed by atoms with E-state index >= 15 is 0 Å². The highest BCUT2D eigenvalue weighted by molar-refractivity contribution is 9.10. The zero-order valence-corrected chi connectivity index (χ0v) is 14.8. The van der Waals surface area contributed by atoms with Crippen LogP contribution in [0.1, 0.15) is 12.0 Å². The van der Waals surface area contributed by atoms with Crippen molar-refractivity contribution in [1.82, 2.24) is 0 Å². The zero-order chi connectivity index (χ0) is 15.1. The third-order valence-electron chi connectivity index (χ3n) is 3.26. The van der Waals surface area contributed by atoms with Gasteiger partial charge in [0, 0.05) is 15.6 Å². The lowest BCUT2D eigenvalue weighted by Crippen LogP contribution is -2.14. The van der Waals surface area contributed by atoms with Crippen LogP contribution in [0.4, 0.5) is 0 Å². The minimum absolute atomic E-state index is 0.175. The molecule has 1 atom stereocenters. The molecular weight excluding hydrogens is 396 g/mol. The minimum Gasteiger partial charge on any atom is -0.494 e. The third-order valence-corrected chi connectivity index (χ3v) is 4.25. The number of hydrogen-bond donors (Lipinski definition) is 1. The van der Waals surface area contributed by atoms with Crippen molar-refractivity contribution in [2.75, 3.05) is 13.2 Å². The molecule has 2 rings (SSSR count). The van der Waals surface area contributed by atoms with Gasteiger partial charge in [0.2, 0.25) is 0 Å². The van der Waals surface area contributed by atoms with E-state index < -0.39 is 0 Å². The first-order valence-corrected chi connectivity index (χ1v) is 8.49. The fraction of sp³-hybridized carbons (Fsp3) is 0.294. The lowest BCUT2D eigenvalue weighted by Gasteiger charge is -2.15. The van der Waals surface area contributed by atoms with Crippen molar-refractivity contribution < 1.29 is 9.84 Å². The Labute approximate surface area is 142 Å². The van der Waals surface area contributed by atoms with E-state index in [2.05, 4.69) is 44.0 Å². The van der Waals surface area contributed by atoms with E-state index in [0.29, 0.717) is 6.61 Å². The third kappa shape index (κ3) is 5.81. The van der Waals surface area contributed by atoms with Gasteiger partial charge >= 0.3 is 0 Å². The Bertz CT molecular complexity index is 572. The van der Waals surface area contributed by atoms with E-state index in [-0.39, 0.29) is 12.5 Å². The summed E-state index contributed by atoms with van der Waals surface area (Å²) in [5, 5.41) is 9.52. The molecular formula is C17H18Br2O2. The van der Waals surface area contributed by atoms with E-state index in [1.54, 1.807) is 0 Å². The van der Waals surface area contributed by atoms with Gasteiger partial charge in [-0.1, -0.05) is 50.1 Å². The highest BCUT2D eigenvalue weighted by Crippen LogP contribution is 2.20. The van der Waals surface area contributed by atoms with E-state index in [0.717, 1.165) is 27.5 Å². The summed E-state index contributed by atoms with van der Waals surface area (Å²) in [5.41, 5.74) is 1.23. The molecule has 1 N–H and O–H groups in total. The van der Waals surface area contributed by atoms with Crippen LogP contribution in [0.15, 0.2) is 57.5 Å². The van der Waals surface area contributed by atoms with Crippen LogP contribution < -0.4 is 4.74 Å². The first kappa shape index (κ1) is 16.5. The number of benzene rings is 2. The van der Waals surface area contributed by atoms with E-state index in [1.807, 2.05) is 36.4 Å². The highest BCUT2D eigenvalue weighted by atomic mass is 79.9. The van der Waals surface area contributed by atoms with Crippen LogP contribution in [0.3, 0.4) is 0 Å². The van der Waals surface area contributed by atoms with Gasteiger partial charge in [0.25, 0.3) is 0 Å². The van der Waals surface area contributed by atoms with Gasteiger partial charge in [-0.2, -0.15) is 0 Å². The van der Waals surface area contributed by atoms with Gasteiger partial charge in [-0.05, 0) is 54.7 Å². The summed E-state index contributed by atoms with van der Waals surface area (Å²) in [6, 6.07) is 16.0. The molecule has 0 aliphatic carbocycles. The second kappa shape index (κ2) is 8.57. The Hall–Kier alpha value is -0.840. The van der Waals surface area contributed by atoms with Gasteiger partial charge in [-0.3, -0.25) is 0 Å². The van der Waals surface area contributed by atoms with Crippen molar-refractivity contribution in [3.63, 3.8) is 0 Å². The largest absolute Gasteiger partial charge is 0.494 e. The number of ether oxygens (including phenoxy) is 1. The molecule has 0 amide bonds. The molecule has 4 heteroatoms. The Kier molecular flexibility index (Phi) is 6.74. The first-order valence-electron chi connectivity index (χ1n) is 6.91. The van der Waals surface area contributed by atoms with Crippen LogP contribution in [0.2, 0.25) is 0 Å². The van der Waals surface area contributed by atoms with Crippen molar-refractivity contribution >= 4 is 31.9 Å². The highest BCUT2D eigenvalue weighted by Gasteiger charge is 2.09. The summed E-state index contributed by atoms with van der Waals surface area (Å²) < 4.78 is 7.81. The smallest absolute Gasteiger partial charge is 0.120 e. The van der Waals surface area contributed by atoms with E-state index in [1.165, 1.54) is 5.56 Å². The topological polar surface area (TPSA) is 29.5 Å². The summed E-state index contributed by atoms with van der Waals surface area (Å²) >= 11 is 6.90. The number of rotatable bonds is 7. The maximum Gasteiger partial charge on any atom is 0.120 e. The molecule has 0 aliphatic heterocycles. The van der Waals surface area contributed by atoms with E-state index in [9.17, 15) is 5.11 Å². The zero-order valence-electron chi connectivity index (χ0n) is 11.6. The lowest BCUT2D eigenvalue weighted by atomic mass is 9.97. The lowest BCUT2D eigenvalue weighted by molar-refractivity contribution is 0.190. The second-order valence-corrected chi connectivity index (χ2v) is 6.81. The summed E-state index contributed by atoms with van der Waals surface area (Å²) in [6.45, 7) is 0.782.